The number of aliphatic imine (C=N–C) groups is 4. The number of hydrogen-bond donors (Lipinski definition) is 1. The summed E-state index contributed by atoms with van der Waals surface area (Å²) in [5.74, 6) is 7.51. The lowest BCUT2D eigenvalue weighted by Crippen LogP contribution is -2.25. The van der Waals surface area contributed by atoms with Crippen LogP contribution in [0.5, 0.6) is 46.0 Å². The van der Waals surface area contributed by atoms with Gasteiger partial charge in [-0.3, -0.25) is 0 Å². The summed E-state index contributed by atoms with van der Waals surface area (Å²) >= 11 is 0. The van der Waals surface area contributed by atoms with Gasteiger partial charge in [0.05, 0.1) is 52.9 Å². The van der Waals surface area contributed by atoms with Crippen molar-refractivity contribution in [2.45, 2.75) is 209 Å². The standard InChI is InChI=1S/C72H97N8O8/c1-9-17-25-33-81-57-41-49-50(42-58(57)82-34-26-18-10-2)66-73-65(49)77-67-51-43-59(83-35-27-19-11-3)60(84-36-28-20-12-4)44-52(51)69(74-67)79-71-55-47-63(87-39-31-23-15-7)64(88-40-32-24-16-8)48-56(55)72(76-71)80-70-54-46-62(86-38-30-22-14-6)61(85-37-29-21-13-5)45-53(54)68(75-70)78-66/h41-48H,9-40H2,1-8H3,(H,73,74,75,77,78,79,80). The molecule has 4 aliphatic heterocycles. The number of unbranched alkanes of at least 4 members (excludes halogenated alkanes) is 16. The summed E-state index contributed by atoms with van der Waals surface area (Å²) in [5, 5.41) is 8.33. The van der Waals surface area contributed by atoms with E-state index in [0.717, 1.165) is 198 Å². The maximum atomic E-state index is 6.65. The third-order valence-electron chi connectivity index (χ3n) is 16.1. The zero-order valence-corrected chi connectivity index (χ0v) is 54.1. The van der Waals surface area contributed by atoms with Gasteiger partial charge >= 0.3 is 0 Å². The number of H-pyrrole nitrogens is 1. The molecule has 0 atom stereocenters. The van der Waals surface area contributed by atoms with Crippen LogP contribution in [0.25, 0.3) is 22.4 Å². The lowest BCUT2D eigenvalue weighted by atomic mass is 10.1. The average molecular weight is 1200 g/mol. The van der Waals surface area contributed by atoms with Gasteiger partial charge in [-0.1, -0.05) is 158 Å². The highest BCUT2D eigenvalue weighted by Gasteiger charge is 2.31. The van der Waals surface area contributed by atoms with Gasteiger partial charge in [-0.15, -0.1) is 0 Å². The lowest BCUT2D eigenvalue weighted by molar-refractivity contribution is 0.259. The summed E-state index contributed by atoms with van der Waals surface area (Å²) in [5.41, 5.74) is 3.97. The van der Waals surface area contributed by atoms with E-state index in [1.807, 2.05) is 48.5 Å². The minimum atomic E-state index is 0.403. The molecule has 4 aliphatic rings. The number of nitrogens with zero attached hydrogens (tertiary/aromatic N) is 7. The highest BCUT2D eigenvalue weighted by Crippen LogP contribution is 2.39. The van der Waals surface area contributed by atoms with E-state index in [9.17, 15) is 0 Å². The third-order valence-corrected chi connectivity index (χ3v) is 16.1. The SMILES string of the molecule is CCCCCOc1cc2c(cc1OCCCCC)C1=NC3=c4cc(OCCCCC)c(OCCCCC)cc4=C([N]3)N=C3N=C(N=c4[nH]c(c5cc(OCCCCC)c(OCCCCC)cc45)=NC2=N1)c1cc(OCCCCC)c(OCCCCC)cc13. The van der Waals surface area contributed by atoms with E-state index in [1.165, 1.54) is 0 Å². The van der Waals surface area contributed by atoms with Gasteiger partial charge in [0.2, 0.25) is 0 Å². The summed E-state index contributed by atoms with van der Waals surface area (Å²) < 4.78 is 53.1. The Bertz CT molecular complexity index is 3320. The fraction of sp³-hybridized carbons (Fsp3) is 0.556. The van der Waals surface area contributed by atoms with E-state index in [1.54, 1.807) is 0 Å². The number of aromatic amines is 1. The molecule has 0 saturated carbocycles. The van der Waals surface area contributed by atoms with E-state index in [-0.39, 0.29) is 0 Å². The van der Waals surface area contributed by atoms with Gasteiger partial charge in [0.1, 0.15) is 11.0 Å². The Labute approximate surface area is 522 Å². The van der Waals surface area contributed by atoms with Crippen LogP contribution in [-0.2, 0) is 0 Å². The fourth-order valence-corrected chi connectivity index (χ4v) is 10.9. The fourth-order valence-electron chi connectivity index (χ4n) is 10.9. The van der Waals surface area contributed by atoms with Crippen LogP contribution in [0.3, 0.4) is 0 Å². The molecule has 16 nitrogen and oxygen atoms in total. The molecule has 1 radical (unpaired) electrons. The second kappa shape index (κ2) is 33.8. The largest absolute Gasteiger partial charge is 0.490 e. The highest BCUT2D eigenvalue weighted by molar-refractivity contribution is 6.25. The average Bonchev–Trinajstić information content (AvgIpc) is 2.24. The molecule has 8 bridgehead atoms. The number of fused-ring (bicyclic) bond motifs is 16. The minimum Gasteiger partial charge on any atom is -0.490 e. The van der Waals surface area contributed by atoms with Crippen LogP contribution >= 0.6 is 0 Å². The lowest BCUT2D eigenvalue weighted by Gasteiger charge is -2.15. The normalized spacial score (nSPS) is 13.6. The predicted molar refractivity (Wildman–Crippen MR) is 354 cm³/mol. The van der Waals surface area contributed by atoms with E-state index in [0.29, 0.717) is 145 Å². The van der Waals surface area contributed by atoms with E-state index in [4.69, 9.17) is 73.2 Å². The number of benzene rings is 4. The molecule has 0 aliphatic carbocycles. The second-order valence-electron chi connectivity index (χ2n) is 23.4. The van der Waals surface area contributed by atoms with Crippen molar-refractivity contribution in [1.82, 2.24) is 10.3 Å². The molecule has 473 valence electrons. The van der Waals surface area contributed by atoms with Crippen molar-refractivity contribution in [2.75, 3.05) is 52.9 Å². The molecule has 5 aromatic rings. The second-order valence-corrected chi connectivity index (χ2v) is 23.4. The molecular formula is C72H97N8O8. The van der Waals surface area contributed by atoms with Crippen LogP contribution in [0.2, 0.25) is 0 Å². The van der Waals surface area contributed by atoms with Gasteiger partial charge in [-0.25, -0.2) is 35.3 Å². The molecule has 5 heterocycles. The summed E-state index contributed by atoms with van der Waals surface area (Å²) in [6.07, 6.45) is 24.2. The zero-order chi connectivity index (χ0) is 61.5. The topological polar surface area (TPSA) is 178 Å². The molecule has 1 N–H and O–H groups in total. The molecule has 0 amide bonds. The smallest absolute Gasteiger partial charge is 0.164 e. The molecule has 9 rings (SSSR count). The van der Waals surface area contributed by atoms with Gasteiger partial charge in [0, 0.05) is 43.5 Å². The van der Waals surface area contributed by atoms with Crippen molar-refractivity contribution >= 4 is 45.8 Å². The maximum absolute atomic E-state index is 6.65. The summed E-state index contributed by atoms with van der Waals surface area (Å²) in [7, 11) is 0. The molecule has 1 aromatic heterocycles. The van der Waals surface area contributed by atoms with Gasteiger partial charge in [0.25, 0.3) is 0 Å². The summed E-state index contributed by atoms with van der Waals surface area (Å²) in [6.45, 7) is 21.8. The van der Waals surface area contributed by atoms with Gasteiger partial charge in [0.15, 0.2) is 81.0 Å². The van der Waals surface area contributed by atoms with Gasteiger partial charge in [-0.2, -0.15) is 0 Å². The number of aromatic nitrogens is 1. The van der Waals surface area contributed by atoms with Gasteiger partial charge in [-0.05, 0) is 99.9 Å². The van der Waals surface area contributed by atoms with Crippen LogP contribution in [-0.4, -0.2) is 81.2 Å². The van der Waals surface area contributed by atoms with Gasteiger partial charge < -0.3 is 42.9 Å². The minimum absolute atomic E-state index is 0.403. The van der Waals surface area contributed by atoms with Crippen molar-refractivity contribution in [2.24, 2.45) is 30.0 Å². The monoisotopic (exact) mass is 1200 g/mol. The zero-order valence-electron chi connectivity index (χ0n) is 54.1. The Balaban J connectivity index is 1.35. The number of ether oxygens (including phenoxy) is 8. The van der Waals surface area contributed by atoms with Crippen LogP contribution in [0, 0.1) is 0 Å². The van der Waals surface area contributed by atoms with E-state index in [2.05, 4.69) is 60.4 Å². The first-order chi connectivity index (χ1) is 43.3. The van der Waals surface area contributed by atoms with Crippen molar-refractivity contribution < 1.29 is 37.9 Å². The first-order valence-electron chi connectivity index (χ1n) is 33.8. The number of rotatable bonds is 40. The third kappa shape index (κ3) is 16.7. The van der Waals surface area contributed by atoms with Crippen LogP contribution in [0.15, 0.2) is 78.5 Å². The molecule has 4 aromatic carbocycles. The molecule has 0 unspecified atom stereocenters. The Morgan fingerprint density at radius 1 is 0.261 bits per heavy atom. The molecule has 0 spiro atoms. The molecule has 88 heavy (non-hydrogen) atoms. The Morgan fingerprint density at radius 3 is 0.739 bits per heavy atom. The van der Waals surface area contributed by atoms with Crippen molar-refractivity contribution in [3.63, 3.8) is 0 Å². The highest BCUT2D eigenvalue weighted by atomic mass is 16.5. The first-order valence-corrected chi connectivity index (χ1v) is 33.8. The summed E-state index contributed by atoms with van der Waals surface area (Å²) in [4.78, 5) is 36.4. The quantitative estimate of drug-likeness (QED) is 0.0377. The maximum Gasteiger partial charge on any atom is 0.164 e. The van der Waals surface area contributed by atoms with Crippen molar-refractivity contribution in [1.29, 1.82) is 0 Å². The van der Waals surface area contributed by atoms with E-state index < -0.39 is 0 Å². The Morgan fingerprint density at radius 2 is 0.489 bits per heavy atom. The molecule has 0 saturated heterocycles. The number of hydrogen-bond acceptors (Lipinski definition) is 14. The number of amidine groups is 4. The molecular weight excluding hydrogens is 1100 g/mol. The first kappa shape index (κ1) is 65.1. The number of nitrogens with one attached hydrogen (secondary N) is 1. The van der Waals surface area contributed by atoms with Crippen LogP contribution in [0.4, 0.5) is 0 Å². The summed E-state index contributed by atoms with van der Waals surface area (Å²) in [6, 6.07) is 16.1. The van der Waals surface area contributed by atoms with Crippen molar-refractivity contribution in [3.8, 4) is 46.0 Å². The molecule has 16 heteroatoms. The van der Waals surface area contributed by atoms with Crippen LogP contribution in [0.1, 0.15) is 232 Å². The Kier molecular flexibility index (Phi) is 25.0. The van der Waals surface area contributed by atoms with Crippen molar-refractivity contribution in [3.05, 3.63) is 92.2 Å². The predicted octanol–water partition coefficient (Wildman–Crippen LogP) is 14.8. The Hall–Kier alpha value is -7.36. The van der Waals surface area contributed by atoms with E-state index >= 15 is 0 Å². The molecule has 0 fully saturated rings. The van der Waals surface area contributed by atoms with Crippen LogP contribution < -0.4 is 64.6 Å².